The lowest BCUT2D eigenvalue weighted by atomic mass is 9.95. The van der Waals surface area contributed by atoms with Crippen molar-refractivity contribution in [2.24, 2.45) is 0 Å². The van der Waals surface area contributed by atoms with Crippen LogP contribution in [-0.4, -0.2) is 58.5 Å². The van der Waals surface area contributed by atoms with Gasteiger partial charge in [-0.2, -0.15) is 5.26 Å². The number of hydrogen-bond donors (Lipinski definition) is 2. The molecular weight excluding hydrogens is 573 g/mol. The second kappa shape index (κ2) is 11.9. The van der Waals surface area contributed by atoms with E-state index >= 15 is 0 Å². The molecule has 0 unspecified atom stereocenters. The summed E-state index contributed by atoms with van der Waals surface area (Å²) < 4.78 is 41.3. The predicted octanol–water partition coefficient (Wildman–Crippen LogP) is 4.79. The van der Waals surface area contributed by atoms with Crippen molar-refractivity contribution in [2.75, 3.05) is 31.6 Å². The molecule has 228 valence electrons. The molecule has 2 amide bonds. The molecule has 1 aromatic carbocycles. The lowest BCUT2D eigenvalue weighted by Crippen LogP contribution is -2.58. The highest BCUT2D eigenvalue weighted by Gasteiger charge is 2.46. The lowest BCUT2D eigenvalue weighted by Gasteiger charge is -2.39. The third kappa shape index (κ3) is 6.38. The number of anilines is 1. The van der Waals surface area contributed by atoms with Crippen molar-refractivity contribution >= 4 is 17.6 Å². The van der Waals surface area contributed by atoms with E-state index < -0.39 is 43.1 Å². The fraction of sp³-hybridized carbons (Fsp3) is 0.406. The van der Waals surface area contributed by atoms with E-state index in [1.807, 2.05) is 6.07 Å². The molecule has 44 heavy (non-hydrogen) atoms. The highest BCUT2D eigenvalue weighted by atomic mass is 19.3. The molecule has 3 aliphatic rings. The summed E-state index contributed by atoms with van der Waals surface area (Å²) in [6.45, 7) is -1.01. The van der Waals surface area contributed by atoms with E-state index in [0.717, 1.165) is 36.1 Å². The number of benzene rings is 1. The predicted molar refractivity (Wildman–Crippen MR) is 156 cm³/mol. The summed E-state index contributed by atoms with van der Waals surface area (Å²) in [5, 5.41) is 15.3. The number of aromatic nitrogens is 2. The highest BCUT2D eigenvalue weighted by Crippen LogP contribution is 2.42. The van der Waals surface area contributed by atoms with Crippen LogP contribution in [0, 0.1) is 11.3 Å². The number of halogens is 3. The van der Waals surface area contributed by atoms with Gasteiger partial charge in [-0.25, -0.2) is 13.8 Å². The Morgan fingerprint density at radius 2 is 1.84 bits per heavy atom. The zero-order valence-corrected chi connectivity index (χ0v) is 23.9. The van der Waals surface area contributed by atoms with Crippen molar-refractivity contribution < 1.29 is 22.8 Å². The lowest BCUT2D eigenvalue weighted by molar-refractivity contribution is -0.113. The van der Waals surface area contributed by atoms with Gasteiger partial charge in [-0.15, -0.1) is 0 Å². The summed E-state index contributed by atoms with van der Waals surface area (Å²) in [5.41, 5.74) is 2.21. The van der Waals surface area contributed by atoms with Crippen LogP contribution in [0.15, 0.2) is 47.4 Å². The average molecular weight is 605 g/mol. The van der Waals surface area contributed by atoms with Crippen LogP contribution in [0.25, 0.3) is 11.1 Å². The van der Waals surface area contributed by atoms with Crippen molar-refractivity contribution in [1.82, 2.24) is 19.8 Å². The number of alkyl halides is 3. The van der Waals surface area contributed by atoms with Gasteiger partial charge in [0.1, 0.15) is 11.4 Å². The Balaban J connectivity index is 1.33. The quantitative estimate of drug-likeness (QED) is 0.304. The summed E-state index contributed by atoms with van der Waals surface area (Å²) in [4.78, 5) is 45.8. The summed E-state index contributed by atoms with van der Waals surface area (Å²) in [6.07, 6.45) is 5.58. The standard InChI is InChI=1S/C32H31F3N6O3/c33-8-1-9-37-15-20-11-26(31(44)41(16-20)23-5-6-23)29(42)39-28-13-22(12-27(38-28)21-3-4-21)24-7-2-19(14-36)10-25(24)30(43)40-17-32(34,35)18-40/h2,7,10-13,16,21,23,37H,1,3-6,8-9,15,17-18H2,(H,38,39,42). The van der Waals surface area contributed by atoms with Gasteiger partial charge in [0.25, 0.3) is 23.3 Å². The fourth-order valence-corrected chi connectivity index (χ4v) is 5.38. The van der Waals surface area contributed by atoms with Gasteiger partial charge in [-0.3, -0.25) is 18.8 Å². The molecule has 0 spiro atoms. The molecule has 1 aliphatic heterocycles. The normalized spacial score (nSPS) is 17.1. The number of carbonyl (C=O) groups is 2. The Labute approximate surface area is 251 Å². The summed E-state index contributed by atoms with van der Waals surface area (Å²) in [6, 6.07) is 11.5. The third-order valence-electron chi connectivity index (χ3n) is 8.00. The van der Waals surface area contributed by atoms with Crippen molar-refractivity contribution in [3.63, 3.8) is 0 Å². The molecule has 2 N–H and O–H groups in total. The molecule has 6 rings (SSSR count). The minimum absolute atomic E-state index is 0.0291. The molecule has 2 aliphatic carbocycles. The van der Waals surface area contributed by atoms with Gasteiger partial charge < -0.3 is 20.1 Å². The van der Waals surface area contributed by atoms with E-state index in [2.05, 4.69) is 15.6 Å². The smallest absolute Gasteiger partial charge is 0.282 e. The van der Waals surface area contributed by atoms with Crippen molar-refractivity contribution in [2.45, 2.75) is 56.5 Å². The van der Waals surface area contributed by atoms with Crippen LogP contribution < -0.4 is 16.2 Å². The molecule has 3 aromatic rings. The SMILES string of the molecule is N#Cc1ccc(-c2cc(NC(=O)c3cc(CNCCCF)cn(C4CC4)c3=O)nc(C3CC3)c2)c(C(=O)N2CC(F)(F)C2)c1. The number of amides is 2. The Kier molecular flexibility index (Phi) is 7.98. The Morgan fingerprint density at radius 3 is 2.50 bits per heavy atom. The zero-order chi connectivity index (χ0) is 31.0. The van der Waals surface area contributed by atoms with Gasteiger partial charge in [0.2, 0.25) is 0 Å². The molecule has 9 nitrogen and oxygen atoms in total. The third-order valence-corrected chi connectivity index (χ3v) is 8.00. The van der Waals surface area contributed by atoms with Crippen LogP contribution >= 0.6 is 0 Å². The second-order valence-electron chi connectivity index (χ2n) is 11.7. The van der Waals surface area contributed by atoms with Crippen LogP contribution in [0.4, 0.5) is 19.0 Å². The van der Waals surface area contributed by atoms with E-state index in [-0.39, 0.29) is 34.5 Å². The number of nitrogens with one attached hydrogen (secondary N) is 2. The molecule has 1 saturated heterocycles. The molecule has 12 heteroatoms. The maximum Gasteiger partial charge on any atom is 0.282 e. The molecule has 0 atom stereocenters. The van der Waals surface area contributed by atoms with Gasteiger partial charge in [0.05, 0.1) is 31.4 Å². The molecule has 2 saturated carbocycles. The van der Waals surface area contributed by atoms with E-state index in [9.17, 15) is 32.8 Å². The number of pyridine rings is 2. The van der Waals surface area contributed by atoms with Crippen LogP contribution in [0.5, 0.6) is 0 Å². The first-order valence-electron chi connectivity index (χ1n) is 14.7. The van der Waals surface area contributed by atoms with Gasteiger partial charge in [0, 0.05) is 36.0 Å². The minimum Gasteiger partial charge on any atom is -0.326 e. The molecule has 3 heterocycles. The molecular formula is C32H31F3N6O3. The first-order valence-corrected chi connectivity index (χ1v) is 14.7. The Hall–Kier alpha value is -4.50. The van der Waals surface area contributed by atoms with Crippen LogP contribution in [0.2, 0.25) is 0 Å². The van der Waals surface area contributed by atoms with Gasteiger partial charge in [-0.05, 0) is 85.7 Å². The number of hydrogen-bond acceptors (Lipinski definition) is 6. The highest BCUT2D eigenvalue weighted by molar-refractivity contribution is 6.05. The first-order chi connectivity index (χ1) is 21.2. The van der Waals surface area contributed by atoms with Crippen molar-refractivity contribution in [3.05, 3.63) is 80.9 Å². The monoisotopic (exact) mass is 604 g/mol. The van der Waals surface area contributed by atoms with Crippen LogP contribution in [0.1, 0.15) is 81.6 Å². The zero-order valence-electron chi connectivity index (χ0n) is 23.9. The van der Waals surface area contributed by atoms with E-state index in [0.29, 0.717) is 36.3 Å². The number of nitrogens with zero attached hydrogens (tertiary/aromatic N) is 4. The second-order valence-corrected chi connectivity index (χ2v) is 11.7. The average Bonchev–Trinajstić information content (AvgIpc) is 3.91. The fourth-order valence-electron chi connectivity index (χ4n) is 5.38. The number of nitriles is 1. The maximum atomic E-state index is 13.6. The van der Waals surface area contributed by atoms with Crippen molar-refractivity contribution in [1.29, 1.82) is 5.26 Å². The van der Waals surface area contributed by atoms with E-state index in [4.69, 9.17) is 0 Å². The van der Waals surface area contributed by atoms with E-state index in [1.54, 1.807) is 35.0 Å². The Morgan fingerprint density at radius 1 is 1.07 bits per heavy atom. The number of carbonyl (C=O) groups excluding carboxylic acids is 2. The largest absolute Gasteiger partial charge is 0.326 e. The first kappa shape index (κ1) is 29.6. The van der Waals surface area contributed by atoms with Gasteiger partial charge >= 0.3 is 0 Å². The van der Waals surface area contributed by atoms with E-state index in [1.165, 1.54) is 12.1 Å². The summed E-state index contributed by atoms with van der Waals surface area (Å²) >= 11 is 0. The molecule has 3 fully saturated rings. The Bertz CT molecular complexity index is 1720. The minimum atomic E-state index is -2.95. The summed E-state index contributed by atoms with van der Waals surface area (Å²) in [5.74, 6) is -3.87. The topological polar surface area (TPSA) is 120 Å². The maximum absolute atomic E-state index is 13.6. The van der Waals surface area contributed by atoms with Gasteiger partial charge in [-0.1, -0.05) is 6.07 Å². The molecule has 0 radical (unpaired) electrons. The molecule has 2 aromatic heterocycles. The summed E-state index contributed by atoms with van der Waals surface area (Å²) in [7, 11) is 0. The van der Waals surface area contributed by atoms with Gasteiger partial charge in [0.15, 0.2) is 0 Å². The van der Waals surface area contributed by atoms with Crippen molar-refractivity contribution in [3.8, 4) is 17.2 Å². The number of rotatable bonds is 11. The van der Waals surface area contributed by atoms with Crippen LogP contribution in [0.3, 0.4) is 0 Å². The molecule has 0 bridgehead atoms. The van der Waals surface area contributed by atoms with Crippen LogP contribution in [-0.2, 0) is 6.54 Å². The number of likely N-dealkylation sites (tertiary alicyclic amines) is 1.